The zero-order chi connectivity index (χ0) is 17.9. The Bertz CT molecular complexity index is 654. The highest BCUT2D eigenvalue weighted by Crippen LogP contribution is 2.44. The fourth-order valence-electron chi connectivity index (χ4n) is 4.95. The molecule has 0 radical (unpaired) electrons. The lowest BCUT2D eigenvalue weighted by Crippen LogP contribution is -2.92. The molecule has 134 valence electrons. The minimum absolute atomic E-state index is 0.259. The quantitative estimate of drug-likeness (QED) is 0.840. The Labute approximate surface area is 152 Å². The average Bonchev–Trinajstić information content (AvgIpc) is 2.62. The van der Waals surface area contributed by atoms with Crippen molar-refractivity contribution < 1.29 is 10.4 Å². The van der Waals surface area contributed by atoms with E-state index < -0.39 is 5.60 Å². The van der Waals surface area contributed by atoms with Gasteiger partial charge in [0.25, 0.3) is 0 Å². The normalized spacial score (nSPS) is 29.7. The molecule has 3 rings (SSSR count). The third-order valence-corrected chi connectivity index (χ3v) is 5.83. The molecule has 3 N–H and O–H groups in total. The first-order valence-electron chi connectivity index (χ1n) is 9.72. The summed E-state index contributed by atoms with van der Waals surface area (Å²) in [7, 11) is 0. The van der Waals surface area contributed by atoms with Gasteiger partial charge in [-0.15, -0.1) is 0 Å². The van der Waals surface area contributed by atoms with Crippen molar-refractivity contribution in [1.29, 1.82) is 0 Å². The molecular weight excluding hydrogens is 306 g/mol. The molecule has 0 unspecified atom stereocenters. The molecule has 1 fully saturated rings. The molecule has 25 heavy (non-hydrogen) atoms. The number of hydrogen-bond donors (Lipinski definition) is 2. The highest BCUT2D eigenvalue weighted by molar-refractivity contribution is 5.23. The van der Waals surface area contributed by atoms with E-state index in [1.54, 1.807) is 0 Å². The van der Waals surface area contributed by atoms with Crippen LogP contribution in [0.2, 0.25) is 0 Å². The van der Waals surface area contributed by atoms with Crippen LogP contribution in [0.5, 0.6) is 0 Å². The van der Waals surface area contributed by atoms with Crippen LogP contribution in [-0.4, -0.2) is 10.7 Å². The Kier molecular flexibility index (Phi) is 5.61. The van der Waals surface area contributed by atoms with Crippen molar-refractivity contribution in [2.75, 3.05) is 0 Å². The first-order chi connectivity index (χ1) is 12.0. The molecular formula is C23H32NO+. The summed E-state index contributed by atoms with van der Waals surface area (Å²) in [5.74, 6) is 0.699. The van der Waals surface area contributed by atoms with Crippen LogP contribution in [0.3, 0.4) is 0 Å². The summed E-state index contributed by atoms with van der Waals surface area (Å²) in [5.41, 5.74) is 2.04. The minimum Gasteiger partial charge on any atom is -0.389 e. The number of aliphatic hydroxyl groups is 1. The van der Waals surface area contributed by atoms with E-state index in [-0.39, 0.29) is 12.0 Å². The summed E-state index contributed by atoms with van der Waals surface area (Å²) in [4.78, 5) is 0. The van der Waals surface area contributed by atoms with Crippen molar-refractivity contribution in [1.82, 2.24) is 0 Å². The van der Waals surface area contributed by atoms with Gasteiger partial charge >= 0.3 is 0 Å². The van der Waals surface area contributed by atoms with Gasteiger partial charge in [-0.2, -0.15) is 0 Å². The van der Waals surface area contributed by atoms with Gasteiger partial charge in [0.05, 0.1) is 5.60 Å². The lowest BCUT2D eigenvalue weighted by Gasteiger charge is -2.48. The van der Waals surface area contributed by atoms with Crippen molar-refractivity contribution in [3.63, 3.8) is 0 Å². The number of benzene rings is 2. The van der Waals surface area contributed by atoms with Gasteiger partial charge in [-0.1, -0.05) is 87.9 Å². The van der Waals surface area contributed by atoms with Crippen LogP contribution in [0, 0.1) is 11.8 Å². The molecule has 4 atom stereocenters. The maximum absolute atomic E-state index is 11.7. The summed E-state index contributed by atoms with van der Waals surface area (Å²) in [6, 6.07) is 22.0. The first-order valence-corrected chi connectivity index (χ1v) is 9.72. The average molecular weight is 339 g/mol. The molecule has 0 aromatic heterocycles. The molecule has 1 aliphatic heterocycles. The van der Waals surface area contributed by atoms with Crippen LogP contribution >= 0.6 is 0 Å². The molecule has 2 aromatic carbocycles. The van der Waals surface area contributed by atoms with E-state index in [4.69, 9.17) is 0 Å². The van der Waals surface area contributed by atoms with Crippen LogP contribution < -0.4 is 5.32 Å². The van der Waals surface area contributed by atoms with Gasteiger partial charge in [0.1, 0.15) is 12.1 Å². The second-order valence-corrected chi connectivity index (χ2v) is 7.97. The smallest absolute Gasteiger partial charge is 0.118 e. The fourth-order valence-corrected chi connectivity index (χ4v) is 4.95. The monoisotopic (exact) mass is 338 g/mol. The van der Waals surface area contributed by atoms with Crippen molar-refractivity contribution in [3.05, 3.63) is 71.8 Å². The molecule has 0 bridgehead atoms. The highest BCUT2D eigenvalue weighted by atomic mass is 16.3. The minimum atomic E-state index is -0.612. The molecule has 0 spiro atoms. The van der Waals surface area contributed by atoms with Gasteiger partial charge in [0, 0.05) is 23.5 Å². The van der Waals surface area contributed by atoms with Crippen LogP contribution in [0.4, 0.5) is 0 Å². The number of hydrogen-bond acceptors (Lipinski definition) is 1. The van der Waals surface area contributed by atoms with Crippen molar-refractivity contribution >= 4 is 0 Å². The maximum Gasteiger partial charge on any atom is 0.118 e. The largest absolute Gasteiger partial charge is 0.389 e. The van der Waals surface area contributed by atoms with E-state index in [1.807, 2.05) is 0 Å². The fraction of sp³-hybridized carbons (Fsp3) is 0.478. The number of rotatable bonds is 5. The standard InChI is InChI=1S/C23H31NO/c1-4-15-23(25)16-20(18-11-7-5-8-12-18)24-22(21(23)17(2)3)19-13-9-6-10-14-19/h5-14,17,20-22,24-25H,4,15-16H2,1-3H3/p+1/t20-,21+,22-,23+/m1/s1. The lowest BCUT2D eigenvalue weighted by molar-refractivity contribution is -0.758. The summed E-state index contributed by atoms with van der Waals surface area (Å²) in [6.07, 6.45) is 2.72. The second kappa shape index (κ2) is 7.72. The van der Waals surface area contributed by atoms with Crippen LogP contribution in [0.25, 0.3) is 0 Å². The van der Waals surface area contributed by atoms with Crippen LogP contribution in [0.15, 0.2) is 60.7 Å². The van der Waals surface area contributed by atoms with Crippen LogP contribution in [0.1, 0.15) is 63.2 Å². The number of piperidine rings is 1. The Morgan fingerprint density at radius 1 is 1.00 bits per heavy atom. The molecule has 2 heteroatoms. The molecule has 1 aliphatic rings. The predicted molar refractivity (Wildman–Crippen MR) is 103 cm³/mol. The molecule has 0 aliphatic carbocycles. The van der Waals surface area contributed by atoms with Crippen molar-refractivity contribution in [2.24, 2.45) is 11.8 Å². The van der Waals surface area contributed by atoms with Gasteiger partial charge in [-0.3, -0.25) is 0 Å². The number of nitrogens with two attached hydrogens (primary N) is 1. The van der Waals surface area contributed by atoms with Gasteiger partial charge < -0.3 is 10.4 Å². The summed E-state index contributed by atoms with van der Waals surface area (Å²) in [5, 5.41) is 14.2. The second-order valence-electron chi connectivity index (χ2n) is 7.97. The molecule has 0 saturated carbocycles. The Morgan fingerprint density at radius 2 is 1.56 bits per heavy atom. The SMILES string of the molecule is CCC[C@]1(O)C[C@H](c2ccccc2)[NH2+][C@H](c2ccccc2)[C@@H]1C(C)C. The van der Waals surface area contributed by atoms with E-state index in [2.05, 4.69) is 86.8 Å². The maximum atomic E-state index is 11.7. The summed E-state index contributed by atoms with van der Waals surface area (Å²) >= 11 is 0. The first kappa shape index (κ1) is 18.2. The zero-order valence-corrected chi connectivity index (χ0v) is 15.7. The third kappa shape index (κ3) is 3.80. The van der Waals surface area contributed by atoms with E-state index in [0.717, 1.165) is 19.3 Å². The summed E-state index contributed by atoms with van der Waals surface area (Å²) < 4.78 is 0. The van der Waals surface area contributed by atoms with E-state index in [0.29, 0.717) is 12.0 Å². The predicted octanol–water partition coefficient (Wildman–Crippen LogP) is 4.24. The Hall–Kier alpha value is -1.64. The van der Waals surface area contributed by atoms with E-state index in [9.17, 15) is 5.11 Å². The van der Waals surface area contributed by atoms with Crippen LogP contribution in [-0.2, 0) is 0 Å². The molecule has 2 nitrogen and oxygen atoms in total. The molecule has 0 amide bonds. The third-order valence-electron chi connectivity index (χ3n) is 5.83. The Balaban J connectivity index is 2.02. The van der Waals surface area contributed by atoms with Gasteiger partial charge in [0.2, 0.25) is 0 Å². The Morgan fingerprint density at radius 3 is 2.08 bits per heavy atom. The summed E-state index contributed by atoms with van der Waals surface area (Å²) in [6.45, 7) is 6.71. The highest BCUT2D eigenvalue weighted by Gasteiger charge is 2.51. The topological polar surface area (TPSA) is 36.8 Å². The van der Waals surface area contributed by atoms with Crippen molar-refractivity contribution in [3.8, 4) is 0 Å². The van der Waals surface area contributed by atoms with Gasteiger partial charge in [-0.25, -0.2) is 0 Å². The van der Waals surface area contributed by atoms with Gasteiger partial charge in [0.15, 0.2) is 0 Å². The zero-order valence-electron chi connectivity index (χ0n) is 15.7. The number of quaternary nitrogens is 1. The van der Waals surface area contributed by atoms with Crippen molar-refractivity contribution in [2.45, 2.75) is 57.7 Å². The van der Waals surface area contributed by atoms with Gasteiger partial charge in [-0.05, 0) is 12.3 Å². The molecule has 2 aromatic rings. The molecule has 1 saturated heterocycles. The van der Waals surface area contributed by atoms with E-state index >= 15 is 0 Å². The molecule has 1 heterocycles. The van der Waals surface area contributed by atoms with E-state index in [1.165, 1.54) is 11.1 Å². The lowest BCUT2D eigenvalue weighted by atomic mass is 9.65.